The molecule has 1 rings (SSSR count). The first-order chi connectivity index (χ1) is 15.2. The molecule has 0 aliphatic carbocycles. The first-order valence-electron chi connectivity index (χ1n) is 11.8. The Morgan fingerprint density at radius 2 is 1.03 bits per heavy atom. The summed E-state index contributed by atoms with van der Waals surface area (Å²) >= 11 is 0. The third-order valence-electron chi connectivity index (χ3n) is 5.57. The van der Waals surface area contributed by atoms with Crippen molar-refractivity contribution in [2.45, 2.75) is 90.9 Å². The van der Waals surface area contributed by atoms with Crippen LogP contribution in [0.2, 0.25) is 0 Å². The number of unbranched alkanes of at least 4 members (excludes halogenated alkanes) is 10. The van der Waals surface area contributed by atoms with Gasteiger partial charge in [0, 0.05) is 28.9 Å². The number of carboxylic acid groups (broad SMARTS) is 3. The van der Waals surface area contributed by atoms with Crippen LogP contribution in [0, 0.1) is 5.92 Å². The topological polar surface area (TPSA) is 132 Å². The number of carbonyl (C=O) groups is 3. The average Bonchev–Trinajstić information content (AvgIpc) is 2.72. The smallest absolute Gasteiger partial charge is 0.545 e. The van der Waals surface area contributed by atoms with Crippen molar-refractivity contribution in [3.05, 3.63) is 28.8 Å². The molecule has 0 radical (unpaired) electrons. The molecule has 7 nitrogen and oxygen atoms in total. The van der Waals surface area contributed by atoms with Crippen molar-refractivity contribution in [1.82, 2.24) is 0 Å². The number of benzene rings is 1. The molecule has 0 saturated carbocycles. The molecule has 0 bridgehead atoms. The third kappa shape index (κ3) is 17.5. The summed E-state index contributed by atoms with van der Waals surface area (Å²) in [6.45, 7) is 5.05. The molecule has 1 N–H and O–H groups in total. The van der Waals surface area contributed by atoms with Crippen molar-refractivity contribution in [3.63, 3.8) is 0 Å². The molecule has 0 heterocycles. The van der Waals surface area contributed by atoms with Crippen molar-refractivity contribution >= 4 is 23.6 Å². The van der Waals surface area contributed by atoms with E-state index in [2.05, 4.69) is 19.2 Å². The number of nitrogens with one attached hydrogen (secondary N) is 1. The van der Waals surface area contributed by atoms with Crippen LogP contribution in [0.25, 0.3) is 0 Å². The summed E-state index contributed by atoms with van der Waals surface area (Å²) in [7, 11) is 0. The number of rotatable bonds is 18. The van der Waals surface area contributed by atoms with Gasteiger partial charge >= 0.3 is 88.7 Å². The fourth-order valence-corrected chi connectivity index (χ4v) is 3.79. The second-order valence-electron chi connectivity index (χ2n) is 8.81. The van der Waals surface area contributed by atoms with E-state index in [1.165, 1.54) is 57.8 Å². The second kappa shape index (κ2) is 23.5. The Balaban J connectivity index is -0.00000341. The number of aromatic carboxylic acids is 3. The van der Waals surface area contributed by atoms with Crippen LogP contribution in [0.1, 0.15) is 122 Å². The van der Waals surface area contributed by atoms with Crippen molar-refractivity contribution in [1.29, 1.82) is 0 Å². The molecule has 0 amide bonds. The van der Waals surface area contributed by atoms with Crippen molar-refractivity contribution in [2.75, 3.05) is 11.9 Å². The van der Waals surface area contributed by atoms with E-state index in [1.807, 2.05) is 0 Å². The fourth-order valence-electron chi connectivity index (χ4n) is 3.79. The molecule has 0 fully saturated rings. The number of carbonyl (C=O) groups excluding carboxylic acids is 3. The van der Waals surface area contributed by atoms with Crippen LogP contribution in [-0.2, 0) is 0 Å². The Morgan fingerprint density at radius 3 is 1.37 bits per heavy atom. The monoisotopic (exact) mass is 515 g/mol. The largest absolute Gasteiger partial charge is 1.00 e. The van der Waals surface area contributed by atoms with Gasteiger partial charge in [-0.2, -0.15) is 0 Å². The van der Waals surface area contributed by atoms with E-state index in [4.69, 9.17) is 0 Å². The molecule has 0 aromatic heterocycles. The maximum Gasteiger partial charge on any atom is 1.00 e. The Kier molecular flexibility index (Phi) is 26.9. The van der Waals surface area contributed by atoms with E-state index in [0.717, 1.165) is 37.3 Å². The zero-order valence-electron chi connectivity index (χ0n) is 22.4. The van der Waals surface area contributed by atoms with Crippen LogP contribution >= 0.6 is 0 Å². The first kappa shape index (κ1) is 39.9. The second-order valence-corrected chi connectivity index (χ2v) is 8.81. The van der Waals surface area contributed by atoms with Gasteiger partial charge in [-0.1, -0.05) is 84.5 Å². The summed E-state index contributed by atoms with van der Waals surface area (Å²) in [5.41, 5.74) is -2.23. The average molecular weight is 516 g/mol. The van der Waals surface area contributed by atoms with Crippen LogP contribution in [0.15, 0.2) is 12.1 Å². The van der Waals surface area contributed by atoms with Gasteiger partial charge in [0.05, 0.1) is 17.9 Å². The van der Waals surface area contributed by atoms with Gasteiger partial charge in [0.2, 0.25) is 0 Å². The van der Waals surface area contributed by atoms with Gasteiger partial charge in [-0.25, -0.2) is 0 Å². The maximum atomic E-state index is 11.2. The van der Waals surface area contributed by atoms with Gasteiger partial charge in [-0.05, 0) is 24.5 Å². The van der Waals surface area contributed by atoms with Crippen LogP contribution in [0.5, 0.6) is 0 Å². The zero-order valence-corrected chi connectivity index (χ0v) is 28.4. The standard InChI is InChI=1S/C25H39NO6.3Na/c1-18(2)14-12-10-8-6-4-3-5-7-9-11-13-15-26-19-16-20(23(27)28)22(25(31)32)21(17-19)24(29)30;;;/h16-18,26H,3-15H2,1-2H3,(H,27,28)(H,29,30)(H,31,32);;;/q;3*+1/p-3. The minimum Gasteiger partial charge on any atom is -0.545 e. The van der Waals surface area contributed by atoms with Gasteiger partial charge < -0.3 is 35.0 Å². The third-order valence-corrected chi connectivity index (χ3v) is 5.57. The zero-order chi connectivity index (χ0) is 23.9. The molecule has 10 heteroatoms. The molecule has 1 aromatic carbocycles. The number of carboxylic acids is 3. The summed E-state index contributed by atoms with van der Waals surface area (Å²) in [5.74, 6) is -4.67. The predicted molar refractivity (Wildman–Crippen MR) is 118 cm³/mol. The van der Waals surface area contributed by atoms with Crippen molar-refractivity contribution < 1.29 is 118 Å². The van der Waals surface area contributed by atoms with Gasteiger partial charge in [0.15, 0.2) is 0 Å². The van der Waals surface area contributed by atoms with E-state index in [9.17, 15) is 29.7 Å². The van der Waals surface area contributed by atoms with Crippen molar-refractivity contribution in [2.24, 2.45) is 5.92 Å². The summed E-state index contributed by atoms with van der Waals surface area (Å²) < 4.78 is 0. The molecule has 0 spiro atoms. The number of anilines is 1. The Hall–Kier alpha value is 0.430. The van der Waals surface area contributed by atoms with Crippen LogP contribution in [0.3, 0.4) is 0 Å². The Morgan fingerprint density at radius 1 is 0.657 bits per heavy atom. The van der Waals surface area contributed by atoms with E-state index in [-0.39, 0.29) is 94.4 Å². The molecule has 0 unspecified atom stereocenters. The normalized spacial score (nSPS) is 10.0. The summed E-state index contributed by atoms with van der Waals surface area (Å²) in [6, 6.07) is 2.10. The SMILES string of the molecule is CC(C)CCCCCCCCCCCCCNc1cc(C(=O)[O-])c(C(=O)[O-])c(C(=O)[O-])c1.[Na+].[Na+].[Na+]. The summed E-state index contributed by atoms with van der Waals surface area (Å²) in [4.78, 5) is 33.6. The van der Waals surface area contributed by atoms with Gasteiger partial charge in [0.1, 0.15) is 0 Å². The minimum atomic E-state index is -1.90. The first-order valence-corrected chi connectivity index (χ1v) is 11.8. The van der Waals surface area contributed by atoms with Gasteiger partial charge in [-0.15, -0.1) is 0 Å². The molecule has 180 valence electrons. The molecule has 0 atom stereocenters. The number of hydrogen-bond acceptors (Lipinski definition) is 7. The Labute approximate surface area is 276 Å². The fraction of sp³-hybridized carbons (Fsp3) is 0.640. The van der Waals surface area contributed by atoms with E-state index in [0.29, 0.717) is 6.54 Å². The molecule has 0 aliphatic heterocycles. The van der Waals surface area contributed by atoms with Crippen molar-refractivity contribution in [3.8, 4) is 0 Å². The molecule has 0 saturated heterocycles. The van der Waals surface area contributed by atoms with E-state index < -0.39 is 34.6 Å². The maximum absolute atomic E-state index is 11.2. The predicted octanol–water partition coefficient (Wildman–Crippen LogP) is -6.46. The minimum absolute atomic E-state index is 0. The molecule has 1 aromatic rings. The Bertz CT molecular complexity index is 724. The quantitative estimate of drug-likeness (QED) is 0.152. The molecular weight excluding hydrogens is 479 g/mol. The molecule has 0 aliphatic rings. The van der Waals surface area contributed by atoms with Gasteiger partial charge in [-0.3, -0.25) is 0 Å². The van der Waals surface area contributed by atoms with Gasteiger partial charge in [0.25, 0.3) is 0 Å². The van der Waals surface area contributed by atoms with E-state index in [1.54, 1.807) is 0 Å². The molecular formula is C25H36NNa3O6. The van der Waals surface area contributed by atoms with Crippen LogP contribution in [-0.4, -0.2) is 24.5 Å². The summed E-state index contributed by atoms with van der Waals surface area (Å²) in [6.07, 6.45) is 14.6. The number of hydrogen-bond donors (Lipinski definition) is 1. The summed E-state index contributed by atoms with van der Waals surface area (Å²) in [5, 5.41) is 36.6. The van der Waals surface area contributed by atoms with E-state index >= 15 is 0 Å². The molecule has 35 heavy (non-hydrogen) atoms. The van der Waals surface area contributed by atoms with Crippen LogP contribution < -0.4 is 109 Å². The van der Waals surface area contributed by atoms with Crippen LogP contribution in [0.4, 0.5) is 5.69 Å².